The van der Waals surface area contributed by atoms with E-state index in [9.17, 15) is 22.1 Å². The first-order chi connectivity index (χ1) is 18.9. The minimum Gasteiger partial charge on any atom is -0.598 e. The second-order valence-corrected chi connectivity index (χ2v) is 13.3. The summed E-state index contributed by atoms with van der Waals surface area (Å²) < 4.78 is 78.7. The van der Waals surface area contributed by atoms with Crippen LogP contribution in [0, 0.1) is 11.6 Å². The molecular formula is C29H32F4N4O2S. The Balaban J connectivity index is 1.38. The van der Waals surface area contributed by atoms with Crippen LogP contribution in [-0.4, -0.2) is 43.7 Å². The number of nitrogens with zero attached hydrogens (tertiary/aromatic N) is 3. The molecule has 0 saturated carbocycles. The first kappa shape index (κ1) is 28.9. The van der Waals surface area contributed by atoms with E-state index in [-0.39, 0.29) is 16.9 Å². The Morgan fingerprint density at radius 1 is 1.07 bits per heavy atom. The normalized spacial score (nSPS) is 19.5. The third kappa shape index (κ3) is 5.37. The number of alkyl halides is 2. The number of hydrogen-bond donors (Lipinski definition) is 1. The zero-order chi connectivity index (χ0) is 28.7. The highest BCUT2D eigenvalue weighted by Crippen LogP contribution is 2.44. The molecule has 0 radical (unpaired) electrons. The number of nitrogens with one attached hydrogen (secondary N) is 1. The molecule has 1 unspecified atom stereocenters. The summed E-state index contributed by atoms with van der Waals surface area (Å²) in [6.45, 7) is 7.57. The minimum atomic E-state index is -3.18. The van der Waals surface area contributed by atoms with E-state index in [2.05, 4.69) is 19.6 Å². The van der Waals surface area contributed by atoms with Crippen molar-refractivity contribution in [3.8, 4) is 0 Å². The van der Waals surface area contributed by atoms with E-state index >= 15 is 0 Å². The lowest BCUT2D eigenvalue weighted by Gasteiger charge is -2.39. The van der Waals surface area contributed by atoms with Crippen LogP contribution in [0.1, 0.15) is 61.6 Å². The molecule has 6 nitrogen and oxygen atoms in total. The molecule has 1 fully saturated rings. The number of hydrogen-bond acceptors (Lipinski definition) is 6. The molecule has 4 heterocycles. The molecule has 0 amide bonds. The summed E-state index contributed by atoms with van der Waals surface area (Å²) in [5.74, 6) is -2.45. The van der Waals surface area contributed by atoms with Gasteiger partial charge in [0.25, 0.3) is 6.43 Å². The van der Waals surface area contributed by atoms with Gasteiger partial charge in [-0.15, -0.1) is 4.72 Å². The number of likely N-dealkylation sites (tertiary alicyclic amines) is 1. The van der Waals surface area contributed by atoms with Gasteiger partial charge in [-0.2, -0.15) is 0 Å². The number of fused-ring (bicyclic) bond motifs is 2. The molecule has 1 saturated heterocycles. The quantitative estimate of drug-likeness (QED) is 0.303. The van der Waals surface area contributed by atoms with Crippen molar-refractivity contribution in [3.63, 3.8) is 0 Å². The predicted molar refractivity (Wildman–Crippen MR) is 144 cm³/mol. The van der Waals surface area contributed by atoms with Gasteiger partial charge in [0.05, 0.1) is 17.9 Å². The molecule has 1 spiro atoms. The Hall–Kier alpha value is -2.57. The second kappa shape index (κ2) is 11.0. The number of piperidine rings is 1. The van der Waals surface area contributed by atoms with Crippen LogP contribution in [0.5, 0.6) is 0 Å². The zero-order valence-electron chi connectivity index (χ0n) is 22.6. The summed E-state index contributed by atoms with van der Waals surface area (Å²) >= 11 is -1.98. The first-order valence-electron chi connectivity index (χ1n) is 13.1. The maximum Gasteiger partial charge on any atom is 0.270 e. The molecular weight excluding hydrogens is 544 g/mol. The molecule has 1 N–H and O–H groups in total. The Bertz CT molecular complexity index is 1350. The third-order valence-electron chi connectivity index (χ3n) is 7.72. The topological polar surface area (TPSA) is 73.3 Å². The van der Waals surface area contributed by atoms with E-state index in [1.54, 1.807) is 33.0 Å². The molecule has 1 aromatic carbocycles. The molecule has 5 rings (SSSR count). The predicted octanol–water partition coefficient (Wildman–Crippen LogP) is 5.34. The van der Waals surface area contributed by atoms with Gasteiger partial charge in [0.1, 0.15) is 4.75 Å². The summed E-state index contributed by atoms with van der Waals surface area (Å²) in [5.41, 5.74) is -0.0292. The van der Waals surface area contributed by atoms with Crippen molar-refractivity contribution < 1.29 is 26.9 Å². The van der Waals surface area contributed by atoms with E-state index in [0.29, 0.717) is 19.2 Å². The Morgan fingerprint density at radius 3 is 2.45 bits per heavy atom. The summed E-state index contributed by atoms with van der Waals surface area (Å²) in [7, 11) is 0. The molecule has 2 aliphatic rings. The molecule has 214 valence electrons. The number of aromatic nitrogens is 2. The van der Waals surface area contributed by atoms with Crippen LogP contribution in [0.15, 0.2) is 55.0 Å². The van der Waals surface area contributed by atoms with Gasteiger partial charge >= 0.3 is 0 Å². The lowest BCUT2D eigenvalue weighted by Crippen LogP contribution is -2.56. The molecule has 0 bridgehead atoms. The highest BCUT2D eigenvalue weighted by molar-refractivity contribution is 7.90. The van der Waals surface area contributed by atoms with Gasteiger partial charge in [-0.05, 0) is 74.6 Å². The lowest BCUT2D eigenvalue weighted by atomic mass is 9.84. The largest absolute Gasteiger partial charge is 0.598 e. The average molecular weight is 577 g/mol. The van der Waals surface area contributed by atoms with E-state index in [4.69, 9.17) is 4.74 Å². The van der Waals surface area contributed by atoms with Crippen LogP contribution in [0.25, 0.3) is 0 Å². The van der Waals surface area contributed by atoms with Crippen molar-refractivity contribution in [1.29, 1.82) is 0 Å². The maximum atomic E-state index is 15.0. The van der Waals surface area contributed by atoms with Gasteiger partial charge in [0.2, 0.25) is 0 Å². The highest BCUT2D eigenvalue weighted by Gasteiger charge is 2.51. The standard InChI is InChI=1S/C29H32F4N4O2S/c1-27(2,3)40(38)36-29(26(32)33,21-5-6-23(30)24(31)14-21)25-7-4-19(15-35-25)17-37-12-9-28(10-13-37)22-16-34-11-8-20(22)18-39-28/h4-8,11,14-16,26,36H,9-10,12-13,17-18H2,1-3H3/t29-,40?/m0/s1. The summed E-state index contributed by atoms with van der Waals surface area (Å²) in [5, 5.41) is 0. The molecule has 2 aromatic heterocycles. The van der Waals surface area contributed by atoms with E-state index in [0.717, 1.165) is 49.2 Å². The van der Waals surface area contributed by atoms with Crippen LogP contribution < -0.4 is 4.72 Å². The fourth-order valence-corrected chi connectivity index (χ4v) is 6.24. The molecule has 0 aliphatic carbocycles. The van der Waals surface area contributed by atoms with E-state index in [1.807, 2.05) is 12.3 Å². The highest BCUT2D eigenvalue weighted by atomic mass is 32.2. The Labute approximate surface area is 234 Å². The van der Waals surface area contributed by atoms with E-state index < -0.39 is 39.7 Å². The van der Waals surface area contributed by atoms with Crippen LogP contribution in [0.2, 0.25) is 0 Å². The van der Waals surface area contributed by atoms with Crippen molar-refractivity contribution >= 4 is 11.4 Å². The maximum absolute atomic E-state index is 15.0. The van der Waals surface area contributed by atoms with Gasteiger partial charge in [-0.25, -0.2) is 17.6 Å². The average Bonchev–Trinajstić information content (AvgIpc) is 3.28. The monoisotopic (exact) mass is 576 g/mol. The van der Waals surface area contributed by atoms with Crippen LogP contribution in [0.3, 0.4) is 0 Å². The van der Waals surface area contributed by atoms with Gasteiger partial charge in [-0.1, -0.05) is 12.1 Å². The van der Waals surface area contributed by atoms with Crippen molar-refractivity contribution in [2.75, 3.05) is 13.1 Å². The number of halogens is 4. The molecule has 2 atom stereocenters. The van der Waals surface area contributed by atoms with Crippen molar-refractivity contribution in [3.05, 3.63) is 94.6 Å². The fourth-order valence-electron chi connectivity index (χ4n) is 5.33. The molecule has 40 heavy (non-hydrogen) atoms. The molecule has 2 aliphatic heterocycles. The zero-order valence-corrected chi connectivity index (χ0v) is 23.4. The molecule has 11 heteroatoms. The summed E-state index contributed by atoms with van der Waals surface area (Å²) in [4.78, 5) is 10.9. The van der Waals surface area contributed by atoms with Crippen molar-refractivity contribution in [2.24, 2.45) is 0 Å². The van der Waals surface area contributed by atoms with Crippen LogP contribution in [-0.2, 0) is 40.4 Å². The SMILES string of the molecule is CC(C)(C)[S+]([O-])N[C@@](c1ccc(F)c(F)c1)(c1ccc(CN2CCC3(CC2)OCc2ccncc23)cn1)C(F)F. The van der Waals surface area contributed by atoms with Gasteiger partial charge in [0, 0.05) is 55.2 Å². The number of rotatable bonds is 7. The molecule has 3 aromatic rings. The number of ether oxygens (including phenoxy) is 1. The van der Waals surface area contributed by atoms with Gasteiger partial charge in [0.15, 0.2) is 17.2 Å². The van der Waals surface area contributed by atoms with Gasteiger partial charge < -0.3 is 9.29 Å². The van der Waals surface area contributed by atoms with E-state index in [1.165, 1.54) is 17.8 Å². The second-order valence-electron chi connectivity index (χ2n) is 11.4. The Morgan fingerprint density at radius 2 is 1.82 bits per heavy atom. The van der Waals surface area contributed by atoms with Crippen molar-refractivity contribution in [1.82, 2.24) is 19.6 Å². The van der Waals surface area contributed by atoms with Gasteiger partial charge in [-0.3, -0.25) is 14.9 Å². The summed E-state index contributed by atoms with van der Waals surface area (Å²) in [6, 6.07) is 7.67. The number of benzene rings is 1. The van der Waals surface area contributed by atoms with Crippen LogP contribution in [0.4, 0.5) is 17.6 Å². The Kier molecular flexibility index (Phi) is 7.97. The lowest BCUT2D eigenvalue weighted by molar-refractivity contribution is -0.0800. The minimum absolute atomic E-state index is 0.143. The number of pyridine rings is 2. The third-order valence-corrected chi connectivity index (χ3v) is 9.34. The van der Waals surface area contributed by atoms with Crippen LogP contribution >= 0.6 is 0 Å². The smallest absolute Gasteiger partial charge is 0.270 e. The fraction of sp³-hybridized carbons (Fsp3) is 0.448. The van der Waals surface area contributed by atoms with Crippen molar-refractivity contribution in [2.45, 2.75) is 69.1 Å². The first-order valence-corrected chi connectivity index (χ1v) is 14.3. The summed E-state index contributed by atoms with van der Waals surface area (Å²) in [6.07, 6.45) is 3.62.